The van der Waals surface area contributed by atoms with Gasteiger partial charge in [0.2, 0.25) is 5.91 Å². The van der Waals surface area contributed by atoms with Crippen molar-refractivity contribution in [3.63, 3.8) is 0 Å². The van der Waals surface area contributed by atoms with E-state index in [-0.39, 0.29) is 12.3 Å². The van der Waals surface area contributed by atoms with Crippen LogP contribution in [0, 0.1) is 0 Å². The summed E-state index contributed by atoms with van der Waals surface area (Å²) in [6, 6.07) is -0.924. The second-order valence-corrected chi connectivity index (χ2v) is 2.56. The van der Waals surface area contributed by atoms with Crippen molar-refractivity contribution in [2.45, 2.75) is 19.4 Å². The molecule has 5 nitrogen and oxygen atoms in total. The number of amides is 1. The van der Waals surface area contributed by atoms with Gasteiger partial charge in [0.15, 0.2) is 0 Å². The molecular weight excluding hydrogens is 160 g/mol. The van der Waals surface area contributed by atoms with Gasteiger partial charge < -0.3 is 15.7 Å². The maximum atomic E-state index is 11.1. The molecule has 0 fully saturated rings. The first-order valence-corrected chi connectivity index (χ1v) is 3.71. The first-order valence-electron chi connectivity index (χ1n) is 3.71. The number of carbonyl (C=O) groups is 2. The fourth-order valence-electron chi connectivity index (χ4n) is 0.714. The lowest BCUT2D eigenvalue weighted by atomic mass is 10.2. The van der Waals surface area contributed by atoms with Crippen LogP contribution in [0.3, 0.4) is 0 Å². The predicted molar refractivity (Wildman–Crippen MR) is 43.5 cm³/mol. The lowest BCUT2D eigenvalue weighted by molar-refractivity contribution is -0.141. The number of nitrogens with two attached hydrogens (primary N) is 1. The second-order valence-electron chi connectivity index (χ2n) is 2.56. The Morgan fingerprint density at radius 1 is 1.58 bits per heavy atom. The molecule has 0 aromatic heterocycles. The third-order valence-electron chi connectivity index (χ3n) is 1.56. The van der Waals surface area contributed by atoms with E-state index < -0.39 is 12.0 Å². The molecular formula is C7H14N2O3. The maximum Gasteiger partial charge on any atom is 0.305 e. The molecule has 0 heterocycles. The van der Waals surface area contributed by atoms with Crippen LogP contribution in [0.15, 0.2) is 0 Å². The minimum atomic E-state index is -1.06. The van der Waals surface area contributed by atoms with Gasteiger partial charge in [-0.1, -0.05) is 0 Å². The van der Waals surface area contributed by atoms with Crippen molar-refractivity contribution >= 4 is 11.9 Å². The van der Waals surface area contributed by atoms with Gasteiger partial charge in [0.05, 0.1) is 12.5 Å². The number of likely N-dealkylation sites (N-methyl/N-ethyl adjacent to an activating group) is 1. The largest absolute Gasteiger partial charge is 0.481 e. The highest BCUT2D eigenvalue weighted by Gasteiger charge is 2.19. The van der Waals surface area contributed by atoms with Gasteiger partial charge in [-0.2, -0.15) is 0 Å². The monoisotopic (exact) mass is 174 g/mol. The number of hydrogen-bond acceptors (Lipinski definition) is 3. The minimum Gasteiger partial charge on any atom is -0.481 e. The van der Waals surface area contributed by atoms with Crippen molar-refractivity contribution in [2.24, 2.45) is 5.73 Å². The highest BCUT2D eigenvalue weighted by atomic mass is 16.4. The van der Waals surface area contributed by atoms with Crippen LogP contribution in [0.2, 0.25) is 0 Å². The molecule has 0 saturated heterocycles. The number of nitrogens with zero attached hydrogens (tertiary/aromatic N) is 1. The smallest absolute Gasteiger partial charge is 0.305 e. The topological polar surface area (TPSA) is 83.6 Å². The van der Waals surface area contributed by atoms with E-state index in [4.69, 9.17) is 10.8 Å². The first-order chi connectivity index (χ1) is 5.49. The third-order valence-corrected chi connectivity index (χ3v) is 1.56. The molecule has 0 radical (unpaired) electrons. The van der Waals surface area contributed by atoms with Crippen LogP contribution in [0.1, 0.15) is 13.3 Å². The molecule has 0 aromatic rings. The fraction of sp³-hybridized carbons (Fsp3) is 0.714. The fourth-order valence-corrected chi connectivity index (χ4v) is 0.714. The van der Waals surface area contributed by atoms with Gasteiger partial charge in [-0.3, -0.25) is 9.59 Å². The molecule has 70 valence electrons. The van der Waals surface area contributed by atoms with Gasteiger partial charge in [0.1, 0.15) is 0 Å². The second kappa shape index (κ2) is 4.71. The maximum absolute atomic E-state index is 11.1. The Bertz CT molecular complexity index is 181. The van der Waals surface area contributed by atoms with Gasteiger partial charge in [0.25, 0.3) is 0 Å². The van der Waals surface area contributed by atoms with Crippen LogP contribution in [0.4, 0.5) is 0 Å². The third kappa shape index (κ3) is 3.34. The molecule has 3 N–H and O–H groups in total. The number of rotatable bonds is 4. The summed E-state index contributed by atoms with van der Waals surface area (Å²) in [6.45, 7) is 2.33. The van der Waals surface area contributed by atoms with E-state index in [1.165, 1.54) is 4.90 Å². The van der Waals surface area contributed by atoms with Gasteiger partial charge in [-0.15, -0.1) is 0 Å². The highest BCUT2D eigenvalue weighted by Crippen LogP contribution is 1.94. The van der Waals surface area contributed by atoms with Crippen molar-refractivity contribution in [3.8, 4) is 0 Å². The molecule has 0 bridgehead atoms. The number of carboxylic acids is 1. The summed E-state index contributed by atoms with van der Waals surface area (Å²) in [5.41, 5.74) is 5.32. The SMILES string of the molecule is CCN(C)C(=O)C(N)CC(=O)O. The molecule has 1 unspecified atom stereocenters. The standard InChI is InChI=1S/C7H14N2O3/c1-3-9(2)7(12)5(8)4-6(10)11/h5H,3-4,8H2,1-2H3,(H,10,11). The van der Waals surface area contributed by atoms with E-state index >= 15 is 0 Å². The predicted octanol–water partition coefficient (Wildman–Crippen LogP) is -0.733. The van der Waals surface area contributed by atoms with Gasteiger partial charge in [-0.05, 0) is 6.92 Å². The summed E-state index contributed by atoms with van der Waals surface area (Å²) in [6.07, 6.45) is -0.316. The van der Waals surface area contributed by atoms with Crippen LogP contribution < -0.4 is 5.73 Å². The Kier molecular flexibility index (Phi) is 4.28. The van der Waals surface area contributed by atoms with Crippen molar-refractivity contribution in [1.82, 2.24) is 4.90 Å². The molecule has 1 amide bonds. The zero-order valence-corrected chi connectivity index (χ0v) is 7.28. The lowest BCUT2D eigenvalue weighted by Gasteiger charge is -2.17. The molecule has 5 heteroatoms. The summed E-state index contributed by atoms with van der Waals surface area (Å²) < 4.78 is 0. The van der Waals surface area contributed by atoms with E-state index in [1.54, 1.807) is 14.0 Å². The highest BCUT2D eigenvalue weighted by molar-refractivity contribution is 5.85. The Hall–Kier alpha value is -1.10. The zero-order chi connectivity index (χ0) is 9.72. The van der Waals surface area contributed by atoms with E-state index in [9.17, 15) is 9.59 Å². The summed E-state index contributed by atoms with van der Waals surface area (Å²) in [4.78, 5) is 22.7. The number of carboxylic acid groups (broad SMARTS) is 1. The summed E-state index contributed by atoms with van der Waals surface area (Å²) in [5, 5.41) is 8.34. The molecule has 0 aliphatic carbocycles. The van der Waals surface area contributed by atoms with Crippen molar-refractivity contribution < 1.29 is 14.7 Å². The molecule has 0 aliphatic heterocycles. The molecule has 1 atom stereocenters. The van der Waals surface area contributed by atoms with Crippen LogP contribution in [-0.4, -0.2) is 41.5 Å². The Labute approximate surface area is 71.1 Å². The molecule has 0 aliphatic rings. The normalized spacial score (nSPS) is 12.2. The van der Waals surface area contributed by atoms with Crippen LogP contribution in [0.5, 0.6) is 0 Å². The molecule has 12 heavy (non-hydrogen) atoms. The first kappa shape index (κ1) is 10.9. The van der Waals surface area contributed by atoms with E-state index in [2.05, 4.69) is 0 Å². The Balaban J connectivity index is 4.01. The lowest BCUT2D eigenvalue weighted by Crippen LogP contribution is -2.42. The quantitative estimate of drug-likeness (QED) is 0.588. The van der Waals surface area contributed by atoms with Crippen molar-refractivity contribution in [2.75, 3.05) is 13.6 Å². The van der Waals surface area contributed by atoms with Crippen molar-refractivity contribution in [3.05, 3.63) is 0 Å². The summed E-state index contributed by atoms with van der Waals surface area (Å²) >= 11 is 0. The summed E-state index contributed by atoms with van der Waals surface area (Å²) in [5.74, 6) is -1.39. The molecule has 0 spiro atoms. The average molecular weight is 174 g/mol. The van der Waals surface area contributed by atoms with Crippen LogP contribution in [0.25, 0.3) is 0 Å². The van der Waals surface area contributed by atoms with E-state index in [0.29, 0.717) is 6.54 Å². The molecule has 0 aromatic carbocycles. The van der Waals surface area contributed by atoms with E-state index in [1.807, 2.05) is 0 Å². The Morgan fingerprint density at radius 2 is 2.08 bits per heavy atom. The van der Waals surface area contributed by atoms with Crippen molar-refractivity contribution in [1.29, 1.82) is 0 Å². The number of aliphatic carboxylic acids is 1. The number of hydrogen-bond donors (Lipinski definition) is 2. The summed E-state index contributed by atoms with van der Waals surface area (Å²) in [7, 11) is 1.59. The average Bonchev–Trinajstić information content (AvgIpc) is 2.00. The molecule has 0 rings (SSSR count). The van der Waals surface area contributed by atoms with Gasteiger partial charge in [0, 0.05) is 13.6 Å². The minimum absolute atomic E-state index is 0.316. The van der Waals surface area contributed by atoms with Gasteiger partial charge in [-0.25, -0.2) is 0 Å². The Morgan fingerprint density at radius 3 is 2.42 bits per heavy atom. The van der Waals surface area contributed by atoms with Gasteiger partial charge >= 0.3 is 5.97 Å². The zero-order valence-electron chi connectivity index (χ0n) is 7.28. The molecule has 0 saturated carbocycles. The van der Waals surface area contributed by atoms with E-state index in [0.717, 1.165) is 0 Å². The van der Waals surface area contributed by atoms with Crippen LogP contribution in [-0.2, 0) is 9.59 Å². The van der Waals surface area contributed by atoms with Crippen LogP contribution >= 0.6 is 0 Å². The number of carbonyl (C=O) groups excluding carboxylic acids is 1.